The highest BCUT2D eigenvalue weighted by Crippen LogP contribution is 2.25. The van der Waals surface area contributed by atoms with Crippen LogP contribution < -0.4 is 9.88 Å². The molecule has 1 unspecified atom stereocenters. The minimum Gasteiger partial charge on any atom is -0.488 e. The SMILES string of the molecule is COCC(C)Oc1cc(C)c(S(N)(=O)=O)c(C)c1. The number of primary sulfonamides is 1. The lowest BCUT2D eigenvalue weighted by Crippen LogP contribution is -2.19. The summed E-state index contributed by atoms with van der Waals surface area (Å²) in [6.07, 6.45) is -0.103. The number of ether oxygens (including phenoxy) is 2. The Hall–Kier alpha value is -1.11. The molecule has 0 aliphatic rings. The van der Waals surface area contributed by atoms with E-state index in [1.54, 1.807) is 33.1 Å². The van der Waals surface area contributed by atoms with Crippen LogP contribution in [0.2, 0.25) is 0 Å². The van der Waals surface area contributed by atoms with Gasteiger partial charge in [0.25, 0.3) is 0 Å². The molecule has 0 fully saturated rings. The minimum absolute atomic E-state index is 0.103. The monoisotopic (exact) mass is 273 g/mol. The highest BCUT2D eigenvalue weighted by Gasteiger charge is 2.16. The maximum absolute atomic E-state index is 11.4. The first-order valence-electron chi connectivity index (χ1n) is 5.55. The van der Waals surface area contributed by atoms with Gasteiger partial charge in [-0.2, -0.15) is 0 Å². The molecule has 5 nitrogen and oxygen atoms in total. The molecule has 1 aromatic carbocycles. The van der Waals surface area contributed by atoms with Gasteiger partial charge in [-0.15, -0.1) is 0 Å². The van der Waals surface area contributed by atoms with Crippen LogP contribution in [0, 0.1) is 13.8 Å². The third-order valence-electron chi connectivity index (χ3n) is 2.46. The zero-order chi connectivity index (χ0) is 13.9. The minimum atomic E-state index is -3.70. The number of hydrogen-bond acceptors (Lipinski definition) is 4. The summed E-state index contributed by atoms with van der Waals surface area (Å²) in [4.78, 5) is 0.161. The maximum Gasteiger partial charge on any atom is 0.238 e. The lowest BCUT2D eigenvalue weighted by Gasteiger charge is -2.16. The Morgan fingerprint density at radius 3 is 2.17 bits per heavy atom. The molecule has 0 aliphatic carbocycles. The van der Waals surface area contributed by atoms with Crippen molar-refractivity contribution in [2.24, 2.45) is 5.14 Å². The molecule has 6 heteroatoms. The van der Waals surface area contributed by atoms with Crippen LogP contribution in [-0.4, -0.2) is 28.2 Å². The molecule has 0 heterocycles. The van der Waals surface area contributed by atoms with Crippen molar-refractivity contribution in [2.45, 2.75) is 31.8 Å². The van der Waals surface area contributed by atoms with Crippen molar-refractivity contribution < 1.29 is 17.9 Å². The Balaban J connectivity index is 3.08. The van der Waals surface area contributed by atoms with Crippen molar-refractivity contribution in [3.8, 4) is 5.75 Å². The van der Waals surface area contributed by atoms with Crippen LogP contribution >= 0.6 is 0 Å². The van der Waals surface area contributed by atoms with Gasteiger partial charge in [0.2, 0.25) is 10.0 Å². The summed E-state index contributed by atoms with van der Waals surface area (Å²) in [6.45, 7) is 5.73. The van der Waals surface area contributed by atoms with Gasteiger partial charge >= 0.3 is 0 Å². The first-order valence-corrected chi connectivity index (χ1v) is 7.10. The molecule has 0 radical (unpaired) electrons. The van der Waals surface area contributed by atoms with Crippen LogP contribution in [-0.2, 0) is 14.8 Å². The van der Waals surface area contributed by atoms with E-state index in [9.17, 15) is 8.42 Å². The standard InChI is InChI=1S/C12H19NO4S/c1-8-5-11(17-10(3)7-16-4)6-9(2)12(8)18(13,14)15/h5-6,10H,7H2,1-4H3,(H2,13,14,15). The molecule has 0 spiro atoms. The average Bonchev–Trinajstić information content (AvgIpc) is 2.13. The quantitative estimate of drug-likeness (QED) is 0.878. The van der Waals surface area contributed by atoms with Gasteiger partial charge in [-0.05, 0) is 44.0 Å². The smallest absolute Gasteiger partial charge is 0.238 e. The van der Waals surface area contributed by atoms with E-state index in [-0.39, 0.29) is 11.0 Å². The molecule has 0 saturated carbocycles. The largest absolute Gasteiger partial charge is 0.488 e. The summed E-state index contributed by atoms with van der Waals surface area (Å²) in [6, 6.07) is 3.33. The zero-order valence-corrected chi connectivity index (χ0v) is 11.9. The first-order chi connectivity index (χ1) is 8.25. The van der Waals surface area contributed by atoms with Crippen molar-refractivity contribution in [2.75, 3.05) is 13.7 Å². The van der Waals surface area contributed by atoms with E-state index in [4.69, 9.17) is 14.6 Å². The van der Waals surface area contributed by atoms with Gasteiger partial charge in [0.15, 0.2) is 0 Å². The maximum atomic E-state index is 11.4. The number of nitrogens with two attached hydrogens (primary N) is 1. The van der Waals surface area contributed by atoms with Crippen LogP contribution in [0.25, 0.3) is 0 Å². The highest BCUT2D eigenvalue weighted by molar-refractivity contribution is 7.89. The Labute approximate surface area is 108 Å². The summed E-state index contributed by atoms with van der Waals surface area (Å²) in [5, 5.41) is 5.17. The number of methoxy groups -OCH3 is 1. The third-order valence-corrected chi connectivity index (χ3v) is 3.67. The number of sulfonamides is 1. The molecule has 18 heavy (non-hydrogen) atoms. The van der Waals surface area contributed by atoms with Crippen molar-refractivity contribution in [3.05, 3.63) is 23.3 Å². The van der Waals surface area contributed by atoms with Gasteiger partial charge in [-0.1, -0.05) is 0 Å². The van der Waals surface area contributed by atoms with E-state index in [0.29, 0.717) is 23.5 Å². The van der Waals surface area contributed by atoms with Crippen molar-refractivity contribution in [1.82, 2.24) is 0 Å². The molecular formula is C12H19NO4S. The summed E-state index contributed by atoms with van der Waals surface area (Å²) in [5.41, 5.74) is 1.16. The van der Waals surface area contributed by atoms with Crippen LogP contribution in [0.5, 0.6) is 5.75 Å². The molecule has 1 aromatic rings. The van der Waals surface area contributed by atoms with E-state index in [0.717, 1.165) is 0 Å². The number of aryl methyl sites for hydroxylation is 2. The lowest BCUT2D eigenvalue weighted by atomic mass is 10.1. The second kappa shape index (κ2) is 5.69. The zero-order valence-electron chi connectivity index (χ0n) is 11.1. The van der Waals surface area contributed by atoms with Crippen molar-refractivity contribution in [1.29, 1.82) is 0 Å². The number of hydrogen-bond donors (Lipinski definition) is 1. The molecule has 0 amide bonds. The van der Waals surface area contributed by atoms with Gasteiger partial charge in [0.05, 0.1) is 11.5 Å². The second-order valence-electron chi connectivity index (χ2n) is 4.32. The van der Waals surface area contributed by atoms with E-state index in [2.05, 4.69) is 0 Å². The molecule has 1 rings (SSSR count). The summed E-state index contributed by atoms with van der Waals surface area (Å²) in [5.74, 6) is 0.613. The normalized spacial score (nSPS) is 13.4. The fourth-order valence-electron chi connectivity index (χ4n) is 1.93. The molecule has 2 N–H and O–H groups in total. The number of rotatable bonds is 5. The van der Waals surface area contributed by atoms with E-state index in [1.807, 2.05) is 6.92 Å². The van der Waals surface area contributed by atoms with Crippen LogP contribution in [0.4, 0.5) is 0 Å². The lowest BCUT2D eigenvalue weighted by molar-refractivity contribution is 0.0919. The molecule has 1 atom stereocenters. The van der Waals surface area contributed by atoms with Gasteiger partial charge in [0, 0.05) is 7.11 Å². The second-order valence-corrected chi connectivity index (χ2v) is 5.81. The topological polar surface area (TPSA) is 78.6 Å². The van der Waals surface area contributed by atoms with Crippen molar-refractivity contribution >= 4 is 10.0 Å². The predicted molar refractivity (Wildman–Crippen MR) is 69.3 cm³/mol. The summed E-state index contributed by atoms with van der Waals surface area (Å²) in [7, 11) is -2.10. The van der Waals surface area contributed by atoms with Crippen LogP contribution in [0.15, 0.2) is 17.0 Å². The summed E-state index contributed by atoms with van der Waals surface area (Å²) >= 11 is 0. The fraction of sp³-hybridized carbons (Fsp3) is 0.500. The predicted octanol–water partition coefficient (Wildman–Crippen LogP) is 1.36. The molecule has 102 valence electrons. The first kappa shape index (κ1) is 14.9. The third kappa shape index (κ3) is 3.69. The molecule has 0 bridgehead atoms. The Morgan fingerprint density at radius 2 is 1.78 bits per heavy atom. The van der Waals surface area contributed by atoms with Crippen LogP contribution in [0.3, 0.4) is 0 Å². The molecule has 0 aromatic heterocycles. The number of benzene rings is 1. The Kier molecular flexibility index (Phi) is 4.72. The average molecular weight is 273 g/mol. The molecule has 0 aliphatic heterocycles. The Bertz CT molecular complexity index is 502. The fourth-order valence-corrected chi connectivity index (χ4v) is 2.94. The van der Waals surface area contributed by atoms with E-state index >= 15 is 0 Å². The van der Waals surface area contributed by atoms with E-state index < -0.39 is 10.0 Å². The van der Waals surface area contributed by atoms with Gasteiger partial charge in [-0.25, -0.2) is 13.6 Å². The molecule has 0 saturated heterocycles. The van der Waals surface area contributed by atoms with Gasteiger partial charge in [-0.3, -0.25) is 0 Å². The van der Waals surface area contributed by atoms with Gasteiger partial charge in [0.1, 0.15) is 11.9 Å². The summed E-state index contributed by atoms with van der Waals surface area (Å²) < 4.78 is 33.5. The van der Waals surface area contributed by atoms with E-state index in [1.165, 1.54) is 0 Å². The van der Waals surface area contributed by atoms with Crippen molar-refractivity contribution in [3.63, 3.8) is 0 Å². The van der Waals surface area contributed by atoms with Gasteiger partial charge < -0.3 is 9.47 Å². The Morgan fingerprint density at radius 1 is 1.28 bits per heavy atom. The molecular weight excluding hydrogens is 254 g/mol. The highest BCUT2D eigenvalue weighted by atomic mass is 32.2. The van der Waals surface area contributed by atoms with Crippen LogP contribution in [0.1, 0.15) is 18.1 Å².